The Bertz CT molecular complexity index is 2270. The van der Waals surface area contributed by atoms with Crippen LogP contribution in [0.15, 0.2) is 144 Å². The van der Waals surface area contributed by atoms with Crippen LogP contribution in [-0.4, -0.2) is 20.1 Å². The van der Waals surface area contributed by atoms with Gasteiger partial charge in [0.25, 0.3) is 0 Å². The third kappa shape index (κ3) is 4.24. The summed E-state index contributed by atoms with van der Waals surface area (Å²) in [5, 5.41) is 14.8. The molecule has 0 bridgehead atoms. The highest BCUT2D eigenvalue weighted by Gasteiger charge is 2.21. The first-order chi connectivity index (χ1) is 21.2. The second-order valence-corrected chi connectivity index (χ2v) is 10.3. The van der Waals surface area contributed by atoms with E-state index in [9.17, 15) is 5.11 Å². The van der Waals surface area contributed by atoms with E-state index in [0.717, 1.165) is 44.3 Å². The van der Waals surface area contributed by atoms with Gasteiger partial charge in [0, 0.05) is 33.8 Å². The summed E-state index contributed by atoms with van der Waals surface area (Å²) in [7, 11) is 0. The first-order valence-corrected chi connectivity index (χ1v) is 14.0. The number of hydrogen-bond donors (Lipinski definition) is 1. The van der Waals surface area contributed by atoms with Crippen molar-refractivity contribution in [3.8, 4) is 28.4 Å². The topological polar surface area (TPSA) is 75.3 Å². The van der Waals surface area contributed by atoms with Gasteiger partial charge in [-0.2, -0.15) is 4.98 Å². The van der Waals surface area contributed by atoms with Crippen LogP contribution in [0.5, 0.6) is 5.75 Å². The molecule has 1 N–H and O–H groups in total. The lowest BCUT2D eigenvalue weighted by molar-refractivity contribution is 0.477. The first-order valence-electron chi connectivity index (χ1n) is 14.0. The molecule has 0 unspecified atom stereocenters. The molecule has 0 radical (unpaired) electrons. The monoisotopic (exact) mass is 556 g/mol. The van der Waals surface area contributed by atoms with Crippen molar-refractivity contribution in [2.45, 2.75) is 0 Å². The zero-order valence-corrected chi connectivity index (χ0v) is 22.9. The van der Waals surface area contributed by atoms with Gasteiger partial charge in [0.2, 0.25) is 5.71 Å². The quantitative estimate of drug-likeness (QED) is 0.228. The number of aromatic hydroxyl groups is 1. The fourth-order valence-corrected chi connectivity index (χ4v) is 5.69. The molecule has 0 atom stereocenters. The minimum atomic E-state index is 0.143. The van der Waals surface area contributed by atoms with Gasteiger partial charge in [0.1, 0.15) is 17.2 Å². The van der Waals surface area contributed by atoms with E-state index in [-0.39, 0.29) is 5.75 Å². The Labute approximate surface area is 247 Å². The van der Waals surface area contributed by atoms with Crippen molar-refractivity contribution >= 4 is 50.0 Å². The molecule has 204 valence electrons. The highest BCUT2D eigenvalue weighted by Crippen LogP contribution is 2.41. The highest BCUT2D eigenvalue weighted by molar-refractivity contribution is 6.11. The lowest BCUT2D eigenvalue weighted by Gasteiger charge is -2.26. The third-order valence-electron chi connectivity index (χ3n) is 7.65. The van der Waals surface area contributed by atoms with E-state index >= 15 is 0 Å². The van der Waals surface area contributed by atoms with Crippen LogP contribution in [0.2, 0.25) is 0 Å². The van der Waals surface area contributed by atoms with Crippen LogP contribution in [0.1, 0.15) is 0 Å². The summed E-state index contributed by atoms with van der Waals surface area (Å²) in [6.45, 7) is 0. The van der Waals surface area contributed by atoms with Crippen LogP contribution in [0.4, 0.5) is 17.2 Å². The number of phenols is 1. The van der Waals surface area contributed by atoms with E-state index in [2.05, 4.69) is 53.4 Å². The molecule has 0 spiro atoms. The van der Waals surface area contributed by atoms with Gasteiger partial charge in [-0.15, -0.1) is 0 Å². The fourth-order valence-electron chi connectivity index (χ4n) is 5.69. The summed E-state index contributed by atoms with van der Waals surface area (Å²) in [4.78, 5) is 16.8. The lowest BCUT2D eigenvalue weighted by Crippen LogP contribution is -2.12. The molecular formula is C37H24N4O2. The molecule has 0 aliphatic rings. The molecular weight excluding hydrogens is 532 g/mol. The van der Waals surface area contributed by atoms with Gasteiger partial charge in [-0.3, -0.25) is 4.90 Å². The van der Waals surface area contributed by atoms with Crippen molar-refractivity contribution in [1.82, 2.24) is 15.0 Å². The zero-order chi connectivity index (χ0) is 28.8. The summed E-state index contributed by atoms with van der Waals surface area (Å²) in [6.07, 6.45) is 1.80. The van der Waals surface area contributed by atoms with Crippen LogP contribution in [0.3, 0.4) is 0 Å². The first kappa shape index (κ1) is 24.8. The number of furan rings is 1. The summed E-state index contributed by atoms with van der Waals surface area (Å²) in [6, 6.07) is 43.7. The maximum Gasteiger partial charge on any atom is 0.231 e. The van der Waals surface area contributed by atoms with Gasteiger partial charge >= 0.3 is 0 Å². The number of fused-ring (bicyclic) bond motifs is 4. The Kier molecular flexibility index (Phi) is 5.83. The number of hydrogen-bond acceptors (Lipinski definition) is 6. The number of benzene rings is 5. The molecule has 0 amide bonds. The van der Waals surface area contributed by atoms with Crippen molar-refractivity contribution in [3.63, 3.8) is 0 Å². The predicted molar refractivity (Wildman–Crippen MR) is 172 cm³/mol. The molecule has 6 heteroatoms. The second-order valence-electron chi connectivity index (χ2n) is 10.3. The van der Waals surface area contributed by atoms with E-state index in [1.165, 1.54) is 0 Å². The van der Waals surface area contributed by atoms with Crippen LogP contribution >= 0.6 is 0 Å². The number of phenolic OH excluding ortho intramolecular Hbond substituents is 1. The Morgan fingerprint density at radius 2 is 1.42 bits per heavy atom. The molecule has 3 aromatic heterocycles. The van der Waals surface area contributed by atoms with E-state index in [1.54, 1.807) is 18.3 Å². The van der Waals surface area contributed by atoms with E-state index in [1.807, 2.05) is 72.8 Å². The molecule has 3 heterocycles. The molecule has 0 saturated heterocycles. The number of pyridine rings is 1. The maximum absolute atomic E-state index is 10.8. The van der Waals surface area contributed by atoms with Crippen molar-refractivity contribution in [2.75, 3.05) is 4.90 Å². The Morgan fingerprint density at radius 3 is 2.30 bits per heavy atom. The van der Waals surface area contributed by atoms with Crippen molar-refractivity contribution < 1.29 is 9.52 Å². The average Bonchev–Trinajstić information content (AvgIpc) is 3.44. The standard InChI is InChI=1S/C37H24N4O2/c42-31-19-5-3-16-28(31)35-34-29-17-4-6-20-32(29)43-37(34)40-36(39-35)25-13-9-14-26(23-25)41(33-21-7-8-22-38-33)30-18-10-12-24-11-1-2-15-27(24)30/h1-23,42H. The fraction of sp³-hybridized carbons (Fsp3) is 0. The highest BCUT2D eigenvalue weighted by atomic mass is 16.3. The largest absolute Gasteiger partial charge is 0.507 e. The molecule has 0 fully saturated rings. The van der Waals surface area contributed by atoms with E-state index in [4.69, 9.17) is 19.4 Å². The number of anilines is 3. The van der Waals surface area contributed by atoms with Gasteiger partial charge in [0.15, 0.2) is 5.82 Å². The Balaban J connectivity index is 1.35. The van der Waals surface area contributed by atoms with E-state index < -0.39 is 0 Å². The van der Waals surface area contributed by atoms with Crippen LogP contribution in [-0.2, 0) is 0 Å². The van der Waals surface area contributed by atoms with Gasteiger partial charge in [-0.25, -0.2) is 9.97 Å². The lowest BCUT2D eigenvalue weighted by atomic mass is 10.0. The Morgan fingerprint density at radius 1 is 0.651 bits per heavy atom. The van der Waals surface area contributed by atoms with Crippen LogP contribution in [0.25, 0.3) is 55.5 Å². The van der Waals surface area contributed by atoms with Gasteiger partial charge in [-0.05, 0) is 53.9 Å². The van der Waals surface area contributed by atoms with Crippen molar-refractivity contribution in [2.24, 2.45) is 0 Å². The van der Waals surface area contributed by atoms with Crippen molar-refractivity contribution in [1.29, 1.82) is 0 Å². The number of rotatable bonds is 5. The molecule has 0 aliphatic heterocycles. The number of para-hydroxylation sites is 2. The van der Waals surface area contributed by atoms with E-state index in [0.29, 0.717) is 28.4 Å². The SMILES string of the molecule is Oc1ccccc1-c1nc(-c2cccc(N(c3ccccn3)c3cccc4ccccc34)c2)nc2oc3ccccc3c12. The third-order valence-corrected chi connectivity index (χ3v) is 7.65. The molecule has 0 saturated carbocycles. The summed E-state index contributed by atoms with van der Waals surface area (Å²) in [5.41, 5.74) is 5.13. The van der Waals surface area contributed by atoms with Crippen molar-refractivity contribution in [3.05, 3.63) is 140 Å². The van der Waals surface area contributed by atoms with Crippen LogP contribution < -0.4 is 4.90 Å². The normalized spacial score (nSPS) is 11.3. The Hall–Kier alpha value is -6.01. The zero-order valence-electron chi connectivity index (χ0n) is 22.9. The molecule has 43 heavy (non-hydrogen) atoms. The molecule has 5 aromatic carbocycles. The second kappa shape index (κ2) is 10.1. The van der Waals surface area contributed by atoms with Gasteiger partial charge in [0.05, 0.1) is 16.8 Å². The summed E-state index contributed by atoms with van der Waals surface area (Å²) in [5.74, 6) is 1.43. The number of aromatic nitrogens is 3. The van der Waals surface area contributed by atoms with Crippen LogP contribution in [0, 0.1) is 0 Å². The predicted octanol–water partition coefficient (Wildman–Crippen LogP) is 9.43. The molecule has 0 aliphatic carbocycles. The van der Waals surface area contributed by atoms with Gasteiger partial charge in [-0.1, -0.05) is 84.9 Å². The summed E-state index contributed by atoms with van der Waals surface area (Å²) < 4.78 is 6.23. The smallest absolute Gasteiger partial charge is 0.231 e. The minimum absolute atomic E-state index is 0.143. The van der Waals surface area contributed by atoms with Gasteiger partial charge < -0.3 is 9.52 Å². The average molecular weight is 557 g/mol. The molecule has 8 aromatic rings. The maximum atomic E-state index is 10.8. The number of nitrogens with zero attached hydrogens (tertiary/aromatic N) is 4. The minimum Gasteiger partial charge on any atom is -0.507 e. The molecule has 6 nitrogen and oxygen atoms in total. The molecule has 8 rings (SSSR count). The summed E-state index contributed by atoms with van der Waals surface area (Å²) >= 11 is 0.